The normalized spacial score (nSPS) is 18.2. The minimum atomic E-state index is 0.169. The molecule has 42 valence electrons. The summed E-state index contributed by atoms with van der Waals surface area (Å²) in [6, 6.07) is 0. The van der Waals surface area contributed by atoms with E-state index in [9.17, 15) is 10.4 Å². The van der Waals surface area contributed by atoms with Crippen LogP contribution in [0, 0.1) is 10.4 Å². The molecule has 0 atom stereocenters. The van der Waals surface area contributed by atoms with Gasteiger partial charge in [0.15, 0.2) is 0 Å². The maximum Gasteiger partial charge on any atom is 0.265 e. The zero-order valence-corrected chi connectivity index (χ0v) is 4.07. The van der Waals surface area contributed by atoms with Crippen LogP contribution in [0.1, 0.15) is 0 Å². The fraction of sp³-hybridized carbons (Fsp3) is 0. The van der Waals surface area contributed by atoms with E-state index in [2.05, 4.69) is 6.58 Å². The molecule has 0 N–H and O–H groups in total. The van der Waals surface area contributed by atoms with Crippen LogP contribution in [-0.4, -0.2) is 22.1 Å². The van der Waals surface area contributed by atoms with Crippen molar-refractivity contribution in [1.82, 2.24) is 0 Å². The Labute approximate surface area is 45.8 Å². The van der Waals surface area contributed by atoms with Gasteiger partial charge in [0.05, 0.1) is 9.70 Å². The van der Waals surface area contributed by atoms with Crippen molar-refractivity contribution in [2.24, 2.45) is 0 Å². The van der Waals surface area contributed by atoms with E-state index in [-0.39, 0.29) is 9.70 Å². The number of hydrogen-bond donors (Lipinski definition) is 0. The topological polar surface area (TPSA) is 52.1 Å². The second-order valence-electron chi connectivity index (χ2n) is 1.44. The molecule has 1 aliphatic rings. The molecular weight excluding hydrogens is 108 g/mol. The Bertz CT molecular complexity index is 172. The van der Waals surface area contributed by atoms with E-state index >= 15 is 0 Å². The Morgan fingerprint density at radius 2 is 1.62 bits per heavy atom. The molecular formula is C4H4N2O2. The summed E-state index contributed by atoms with van der Waals surface area (Å²) in [7, 11) is 0. The van der Waals surface area contributed by atoms with Crippen molar-refractivity contribution >= 4 is 12.4 Å². The predicted octanol–water partition coefficient (Wildman–Crippen LogP) is -0.367. The van der Waals surface area contributed by atoms with Gasteiger partial charge in [-0.25, -0.2) is 0 Å². The first-order chi connectivity index (χ1) is 3.70. The zero-order valence-electron chi connectivity index (χ0n) is 4.07. The Morgan fingerprint density at radius 3 is 1.75 bits per heavy atom. The Kier molecular flexibility index (Phi) is 0.802. The SMILES string of the molecule is C=C1C=[N+]([O-])[N+]([O-])=C1. The maximum absolute atomic E-state index is 10.2. The Hall–Kier alpha value is -1.32. The second kappa shape index (κ2) is 1.33. The van der Waals surface area contributed by atoms with Crippen LogP contribution < -0.4 is 0 Å². The molecule has 0 aromatic heterocycles. The van der Waals surface area contributed by atoms with Crippen molar-refractivity contribution in [3.8, 4) is 0 Å². The van der Waals surface area contributed by atoms with Gasteiger partial charge in [-0.15, -0.1) is 0 Å². The van der Waals surface area contributed by atoms with Crippen molar-refractivity contribution in [2.45, 2.75) is 0 Å². The third-order valence-electron chi connectivity index (χ3n) is 0.747. The van der Waals surface area contributed by atoms with Crippen LogP contribution in [0.2, 0.25) is 0 Å². The van der Waals surface area contributed by atoms with E-state index in [0.29, 0.717) is 5.57 Å². The molecule has 0 saturated carbocycles. The quantitative estimate of drug-likeness (QED) is 0.317. The van der Waals surface area contributed by atoms with Crippen molar-refractivity contribution in [3.63, 3.8) is 0 Å². The molecule has 0 bridgehead atoms. The summed E-state index contributed by atoms with van der Waals surface area (Å²) >= 11 is 0. The van der Waals surface area contributed by atoms with Crippen LogP contribution >= 0.6 is 0 Å². The first-order valence-corrected chi connectivity index (χ1v) is 2.01. The zero-order chi connectivity index (χ0) is 6.15. The van der Waals surface area contributed by atoms with Gasteiger partial charge < -0.3 is 10.4 Å². The fourth-order valence-corrected chi connectivity index (χ4v) is 0.431. The summed E-state index contributed by atoms with van der Waals surface area (Å²) in [5.74, 6) is 0. The summed E-state index contributed by atoms with van der Waals surface area (Å²) in [4.78, 5) is 0.338. The highest BCUT2D eigenvalue weighted by atomic mass is 16.7. The Morgan fingerprint density at radius 1 is 1.25 bits per heavy atom. The lowest BCUT2D eigenvalue weighted by atomic mass is 10.4. The molecule has 0 unspecified atom stereocenters. The van der Waals surface area contributed by atoms with E-state index < -0.39 is 0 Å². The van der Waals surface area contributed by atoms with Crippen LogP contribution in [-0.2, 0) is 0 Å². The Balaban J connectivity index is 2.98. The highest BCUT2D eigenvalue weighted by molar-refractivity contribution is 6.00. The summed E-state index contributed by atoms with van der Waals surface area (Å²) in [5.41, 5.74) is 0.426. The fourth-order valence-electron chi connectivity index (χ4n) is 0.431. The lowest BCUT2D eigenvalue weighted by molar-refractivity contribution is -1.05. The summed E-state index contributed by atoms with van der Waals surface area (Å²) in [6.45, 7) is 3.36. The van der Waals surface area contributed by atoms with Crippen molar-refractivity contribution < 1.29 is 9.70 Å². The monoisotopic (exact) mass is 112 g/mol. The minimum absolute atomic E-state index is 0.169. The largest absolute Gasteiger partial charge is 0.561 e. The van der Waals surface area contributed by atoms with Gasteiger partial charge in [-0.3, -0.25) is 0 Å². The van der Waals surface area contributed by atoms with Crippen molar-refractivity contribution in [3.05, 3.63) is 22.6 Å². The first-order valence-electron chi connectivity index (χ1n) is 2.01. The first kappa shape index (κ1) is 4.83. The summed E-state index contributed by atoms with van der Waals surface area (Å²) in [6.07, 6.45) is 2.21. The molecule has 0 radical (unpaired) electrons. The number of rotatable bonds is 0. The van der Waals surface area contributed by atoms with Gasteiger partial charge in [0.2, 0.25) is 0 Å². The molecule has 4 nitrogen and oxygen atoms in total. The van der Waals surface area contributed by atoms with Crippen LogP contribution in [0.25, 0.3) is 0 Å². The lowest BCUT2D eigenvalue weighted by Crippen LogP contribution is -2.09. The number of hydrogen-bond acceptors (Lipinski definition) is 2. The van der Waals surface area contributed by atoms with Gasteiger partial charge >= 0.3 is 0 Å². The number of hydrazine groups is 1. The van der Waals surface area contributed by atoms with Crippen LogP contribution in [0.15, 0.2) is 12.2 Å². The lowest BCUT2D eigenvalue weighted by Gasteiger charge is -1.90. The molecule has 0 amide bonds. The average Bonchev–Trinajstić information content (AvgIpc) is 1.85. The molecule has 4 heteroatoms. The molecule has 0 aliphatic carbocycles. The molecule has 0 saturated heterocycles. The molecule has 0 aromatic rings. The summed E-state index contributed by atoms with van der Waals surface area (Å²) < 4.78 is 0. The van der Waals surface area contributed by atoms with Crippen molar-refractivity contribution in [1.29, 1.82) is 0 Å². The van der Waals surface area contributed by atoms with Gasteiger partial charge in [-0.2, -0.15) is 0 Å². The molecule has 0 fully saturated rings. The standard InChI is InChI=1S/C4H4N2O2/c1-4-2-5(7)6(8)3-4/h2-3H,1H2. The van der Waals surface area contributed by atoms with E-state index in [1.165, 1.54) is 0 Å². The van der Waals surface area contributed by atoms with Gasteiger partial charge in [0.25, 0.3) is 12.4 Å². The van der Waals surface area contributed by atoms with E-state index in [1.807, 2.05) is 0 Å². The molecule has 1 aliphatic heterocycles. The molecule has 8 heavy (non-hydrogen) atoms. The van der Waals surface area contributed by atoms with E-state index in [4.69, 9.17) is 0 Å². The third kappa shape index (κ3) is 0.556. The van der Waals surface area contributed by atoms with E-state index in [0.717, 1.165) is 12.4 Å². The smallest absolute Gasteiger partial charge is 0.265 e. The molecule has 1 rings (SSSR count). The van der Waals surface area contributed by atoms with Gasteiger partial charge in [0.1, 0.15) is 5.57 Å². The molecule has 1 heterocycles. The average molecular weight is 112 g/mol. The van der Waals surface area contributed by atoms with Gasteiger partial charge in [0, 0.05) is 0 Å². The summed E-state index contributed by atoms with van der Waals surface area (Å²) in [5, 5.41) is 20.3. The van der Waals surface area contributed by atoms with Crippen LogP contribution in [0.3, 0.4) is 0 Å². The molecule has 0 aromatic carbocycles. The maximum atomic E-state index is 10.2. The highest BCUT2D eigenvalue weighted by Crippen LogP contribution is 1.88. The van der Waals surface area contributed by atoms with Crippen molar-refractivity contribution in [2.75, 3.05) is 0 Å². The van der Waals surface area contributed by atoms with E-state index in [1.54, 1.807) is 0 Å². The number of hydrazone groups is 2. The minimum Gasteiger partial charge on any atom is -0.561 e. The second-order valence-corrected chi connectivity index (χ2v) is 1.44. The van der Waals surface area contributed by atoms with Crippen LogP contribution in [0.5, 0.6) is 0 Å². The van der Waals surface area contributed by atoms with Gasteiger partial charge in [-0.05, 0) is 0 Å². The number of nitrogens with zero attached hydrogens (tertiary/aromatic N) is 2. The third-order valence-corrected chi connectivity index (χ3v) is 0.747. The highest BCUT2D eigenvalue weighted by Gasteiger charge is 2.13. The van der Waals surface area contributed by atoms with Gasteiger partial charge in [-0.1, -0.05) is 6.58 Å². The van der Waals surface area contributed by atoms with Crippen LogP contribution in [0.4, 0.5) is 0 Å². The molecule has 0 spiro atoms. The predicted molar refractivity (Wildman–Crippen MR) is 28.5 cm³/mol. The number of allylic oxidation sites excluding steroid dienone is 1.